The van der Waals surface area contributed by atoms with Crippen molar-refractivity contribution >= 4 is 44.1 Å². The fourth-order valence-electron chi connectivity index (χ4n) is 2.01. The van der Waals surface area contributed by atoms with Gasteiger partial charge in [0.2, 0.25) is 0 Å². The summed E-state index contributed by atoms with van der Waals surface area (Å²) in [5.74, 6) is 0. The predicted octanol–water partition coefficient (Wildman–Crippen LogP) is 4.59. The first-order valence-corrected chi connectivity index (χ1v) is 7.01. The van der Waals surface area contributed by atoms with Crippen LogP contribution in [0.3, 0.4) is 0 Å². The summed E-state index contributed by atoms with van der Waals surface area (Å²) in [6, 6.07) is 10.2. The van der Waals surface area contributed by atoms with E-state index < -0.39 is 0 Å². The van der Waals surface area contributed by atoms with Crippen molar-refractivity contribution in [2.75, 3.05) is 5.32 Å². The molecule has 0 saturated carbocycles. The highest BCUT2D eigenvalue weighted by atomic mass is 79.9. The summed E-state index contributed by atoms with van der Waals surface area (Å²) in [6.45, 7) is 0.730. The molecule has 0 fully saturated rings. The second kappa shape index (κ2) is 5.23. The van der Waals surface area contributed by atoms with Gasteiger partial charge in [-0.1, -0.05) is 29.8 Å². The largest absolute Gasteiger partial charge is 0.380 e. The summed E-state index contributed by atoms with van der Waals surface area (Å²) in [5.41, 5.74) is 3.31. The second-order valence-corrected chi connectivity index (χ2v) is 5.42. The zero-order valence-corrected chi connectivity index (χ0v) is 12.3. The number of H-pyrrole nitrogens is 1. The Balaban J connectivity index is 1.82. The molecule has 0 aliphatic rings. The summed E-state index contributed by atoms with van der Waals surface area (Å²) in [6.07, 6.45) is 3.68. The molecule has 3 aromatic rings. The molecule has 0 aliphatic heterocycles. The minimum absolute atomic E-state index is 0.469. The van der Waals surface area contributed by atoms with E-state index in [0.717, 1.165) is 22.2 Å². The molecule has 2 N–H and O–H groups in total. The number of rotatable bonds is 3. The smallest absolute Gasteiger partial charge is 0.143 e. The third-order valence-electron chi connectivity index (χ3n) is 2.95. The maximum Gasteiger partial charge on any atom is 0.143 e. The van der Waals surface area contributed by atoms with Crippen molar-refractivity contribution in [1.82, 2.24) is 9.97 Å². The molecule has 0 spiro atoms. The summed E-state index contributed by atoms with van der Waals surface area (Å²) < 4.78 is 0.789. The van der Waals surface area contributed by atoms with Gasteiger partial charge >= 0.3 is 0 Å². The molecule has 0 amide bonds. The Labute approximate surface area is 124 Å². The highest BCUT2D eigenvalue weighted by Gasteiger charge is 2.03. The Morgan fingerprint density at radius 2 is 2.21 bits per heavy atom. The monoisotopic (exact) mass is 335 g/mol. The van der Waals surface area contributed by atoms with Gasteiger partial charge in [0.15, 0.2) is 0 Å². The van der Waals surface area contributed by atoms with Gasteiger partial charge in [0.05, 0.1) is 21.9 Å². The van der Waals surface area contributed by atoms with Crippen LogP contribution in [0.4, 0.5) is 5.69 Å². The van der Waals surface area contributed by atoms with E-state index in [9.17, 15) is 0 Å². The van der Waals surface area contributed by atoms with E-state index in [4.69, 9.17) is 11.6 Å². The SMILES string of the molecule is Clc1ncc(NCc2cccc3cc[nH]c23)cc1Br. The lowest BCUT2D eigenvalue weighted by Gasteiger charge is -2.08. The number of aromatic nitrogens is 2. The number of anilines is 1. The van der Waals surface area contributed by atoms with Gasteiger partial charge in [0, 0.05) is 12.7 Å². The van der Waals surface area contributed by atoms with E-state index in [1.54, 1.807) is 6.20 Å². The Morgan fingerprint density at radius 3 is 3.05 bits per heavy atom. The van der Waals surface area contributed by atoms with Crippen LogP contribution in [0.25, 0.3) is 10.9 Å². The van der Waals surface area contributed by atoms with Crippen molar-refractivity contribution in [2.24, 2.45) is 0 Å². The molecular formula is C14H11BrClN3. The molecular weight excluding hydrogens is 326 g/mol. The fraction of sp³-hybridized carbons (Fsp3) is 0.0714. The Kier molecular flexibility index (Phi) is 3.44. The average Bonchev–Trinajstić information content (AvgIpc) is 2.89. The van der Waals surface area contributed by atoms with Crippen molar-refractivity contribution in [3.05, 3.63) is 57.9 Å². The zero-order valence-electron chi connectivity index (χ0n) is 9.95. The lowest BCUT2D eigenvalue weighted by molar-refractivity contribution is 1.14. The lowest BCUT2D eigenvalue weighted by atomic mass is 10.1. The molecule has 0 atom stereocenters. The highest BCUT2D eigenvalue weighted by molar-refractivity contribution is 9.10. The van der Waals surface area contributed by atoms with Crippen molar-refractivity contribution in [1.29, 1.82) is 0 Å². The number of hydrogen-bond acceptors (Lipinski definition) is 2. The second-order valence-electron chi connectivity index (χ2n) is 4.21. The molecule has 0 aliphatic carbocycles. The zero-order chi connectivity index (χ0) is 13.2. The minimum Gasteiger partial charge on any atom is -0.380 e. The van der Waals surface area contributed by atoms with Crippen molar-refractivity contribution in [2.45, 2.75) is 6.54 Å². The number of benzene rings is 1. The average molecular weight is 337 g/mol. The van der Waals surface area contributed by atoms with Crippen LogP contribution in [-0.2, 0) is 6.54 Å². The summed E-state index contributed by atoms with van der Waals surface area (Å²) in [7, 11) is 0. The molecule has 0 radical (unpaired) electrons. The van der Waals surface area contributed by atoms with Gasteiger partial charge in [0.1, 0.15) is 5.15 Å². The maximum absolute atomic E-state index is 5.87. The van der Waals surface area contributed by atoms with Gasteiger partial charge < -0.3 is 10.3 Å². The quantitative estimate of drug-likeness (QED) is 0.687. The molecule has 1 aromatic carbocycles. The van der Waals surface area contributed by atoms with Crippen LogP contribution in [-0.4, -0.2) is 9.97 Å². The van der Waals surface area contributed by atoms with Crippen molar-refractivity contribution < 1.29 is 0 Å². The van der Waals surface area contributed by atoms with Gasteiger partial charge in [-0.2, -0.15) is 0 Å². The first kappa shape index (κ1) is 12.5. The molecule has 3 rings (SSSR count). The molecule has 0 unspecified atom stereocenters. The van der Waals surface area contributed by atoms with Crippen LogP contribution in [0.1, 0.15) is 5.56 Å². The fourth-order valence-corrected chi connectivity index (χ4v) is 2.46. The van der Waals surface area contributed by atoms with E-state index in [1.165, 1.54) is 10.9 Å². The van der Waals surface area contributed by atoms with Gasteiger partial charge in [0.25, 0.3) is 0 Å². The summed E-state index contributed by atoms with van der Waals surface area (Å²) in [4.78, 5) is 7.35. The number of hydrogen-bond donors (Lipinski definition) is 2. The van der Waals surface area contributed by atoms with E-state index in [2.05, 4.69) is 55.5 Å². The van der Waals surface area contributed by atoms with Gasteiger partial charge in [-0.3, -0.25) is 0 Å². The van der Waals surface area contributed by atoms with Crippen LogP contribution in [0, 0.1) is 0 Å². The Morgan fingerprint density at radius 1 is 1.32 bits per heavy atom. The molecule has 5 heteroatoms. The molecule has 0 bridgehead atoms. The number of fused-ring (bicyclic) bond motifs is 1. The number of halogens is 2. The van der Waals surface area contributed by atoms with E-state index in [0.29, 0.717) is 5.15 Å². The molecule has 2 heterocycles. The molecule has 0 saturated heterocycles. The molecule has 3 nitrogen and oxygen atoms in total. The molecule has 2 aromatic heterocycles. The summed E-state index contributed by atoms with van der Waals surface area (Å²) in [5, 5.41) is 5.03. The third kappa shape index (κ3) is 2.60. The molecule has 19 heavy (non-hydrogen) atoms. The standard InChI is InChI=1S/C14H11BrClN3/c15-12-6-11(8-19-14(12)16)18-7-10-3-1-2-9-4-5-17-13(9)10/h1-6,8,17-18H,7H2. The van der Waals surface area contributed by atoms with Crippen LogP contribution >= 0.6 is 27.5 Å². The number of nitrogens with zero attached hydrogens (tertiary/aromatic N) is 1. The lowest BCUT2D eigenvalue weighted by Crippen LogP contribution is -2.00. The van der Waals surface area contributed by atoms with Crippen LogP contribution in [0.15, 0.2) is 47.2 Å². The van der Waals surface area contributed by atoms with E-state index in [1.807, 2.05) is 12.3 Å². The van der Waals surface area contributed by atoms with Crippen molar-refractivity contribution in [3.63, 3.8) is 0 Å². The topological polar surface area (TPSA) is 40.7 Å². The Bertz CT molecular complexity index is 724. The third-order valence-corrected chi connectivity index (χ3v) is 4.09. The normalized spacial score (nSPS) is 10.8. The number of pyridine rings is 1. The van der Waals surface area contributed by atoms with E-state index in [-0.39, 0.29) is 0 Å². The number of para-hydroxylation sites is 1. The van der Waals surface area contributed by atoms with Gasteiger partial charge in [-0.05, 0) is 39.0 Å². The van der Waals surface area contributed by atoms with Gasteiger partial charge in [-0.15, -0.1) is 0 Å². The maximum atomic E-state index is 5.87. The first-order chi connectivity index (χ1) is 9.24. The number of nitrogens with one attached hydrogen (secondary N) is 2. The van der Waals surface area contributed by atoms with E-state index >= 15 is 0 Å². The van der Waals surface area contributed by atoms with Crippen LogP contribution < -0.4 is 5.32 Å². The first-order valence-electron chi connectivity index (χ1n) is 5.84. The Hall–Kier alpha value is -1.52. The molecule has 96 valence electrons. The van der Waals surface area contributed by atoms with Crippen LogP contribution in [0.5, 0.6) is 0 Å². The van der Waals surface area contributed by atoms with Crippen molar-refractivity contribution in [3.8, 4) is 0 Å². The van der Waals surface area contributed by atoms with Crippen LogP contribution in [0.2, 0.25) is 5.15 Å². The number of aromatic amines is 1. The predicted molar refractivity (Wildman–Crippen MR) is 82.6 cm³/mol. The highest BCUT2D eigenvalue weighted by Crippen LogP contribution is 2.24. The minimum atomic E-state index is 0.469. The van der Waals surface area contributed by atoms with Gasteiger partial charge in [-0.25, -0.2) is 4.98 Å². The summed E-state index contributed by atoms with van der Waals surface area (Å²) >= 11 is 9.24.